The van der Waals surface area contributed by atoms with Gasteiger partial charge in [0.25, 0.3) is 0 Å². The average molecular weight is 519 g/mol. The Balaban J connectivity index is 1.57. The highest BCUT2D eigenvalue weighted by Crippen LogP contribution is 2.49. The number of Topliss-reactive ketones (excluding diaryl/α,β-unsaturated/α-hetero) is 1. The molecule has 0 unspecified atom stereocenters. The van der Waals surface area contributed by atoms with Crippen LogP contribution in [-0.4, -0.2) is 25.3 Å². The number of nitrogens with zero attached hydrogens (tertiary/aromatic N) is 2. The lowest BCUT2D eigenvalue weighted by molar-refractivity contribution is -0.117. The van der Waals surface area contributed by atoms with E-state index in [2.05, 4.69) is 36.4 Å². The predicted octanol–water partition coefficient (Wildman–Crippen LogP) is 6.07. The molecule has 6 heteroatoms. The van der Waals surface area contributed by atoms with Gasteiger partial charge in [-0.2, -0.15) is 10.5 Å². The Labute approximate surface area is 228 Å². The van der Waals surface area contributed by atoms with Crippen molar-refractivity contribution in [2.75, 3.05) is 13.2 Å². The minimum atomic E-state index is 0.160. The van der Waals surface area contributed by atoms with Crippen molar-refractivity contribution in [3.8, 4) is 45.9 Å². The van der Waals surface area contributed by atoms with Crippen molar-refractivity contribution in [2.24, 2.45) is 0 Å². The zero-order valence-corrected chi connectivity index (χ0v) is 22.1. The largest absolute Gasteiger partial charge is 0.494 e. The molecule has 0 spiro atoms. The Hall–Kier alpha value is -4.42. The summed E-state index contributed by atoms with van der Waals surface area (Å²) in [5.74, 6) is 1.71. The number of aryl methyl sites for hydroxylation is 2. The third-order valence-corrected chi connectivity index (χ3v) is 7.59. The summed E-state index contributed by atoms with van der Waals surface area (Å²) in [6.45, 7) is 2.56. The van der Waals surface area contributed by atoms with Crippen LogP contribution in [0.25, 0.3) is 22.3 Å². The fourth-order valence-corrected chi connectivity index (χ4v) is 5.80. The lowest BCUT2D eigenvalue weighted by atomic mass is 9.72. The second-order valence-corrected chi connectivity index (χ2v) is 10.1. The number of ether oxygens (including phenoxy) is 2. The van der Waals surface area contributed by atoms with Crippen LogP contribution in [0, 0.1) is 22.7 Å². The zero-order chi connectivity index (χ0) is 27.4. The molecule has 2 aliphatic carbocycles. The van der Waals surface area contributed by atoms with Crippen molar-refractivity contribution >= 4 is 12.1 Å². The summed E-state index contributed by atoms with van der Waals surface area (Å²) < 4.78 is 11.8. The van der Waals surface area contributed by atoms with Gasteiger partial charge >= 0.3 is 0 Å². The number of ketones is 1. The minimum Gasteiger partial charge on any atom is -0.494 e. The monoisotopic (exact) mass is 518 g/mol. The Kier molecular flexibility index (Phi) is 7.75. The minimum absolute atomic E-state index is 0.160. The van der Waals surface area contributed by atoms with Gasteiger partial charge in [-0.25, -0.2) is 0 Å². The first-order chi connectivity index (χ1) is 19.0. The highest BCUT2D eigenvalue weighted by Gasteiger charge is 2.32. The predicted molar refractivity (Wildman–Crippen MR) is 148 cm³/mol. The van der Waals surface area contributed by atoms with E-state index in [1.54, 1.807) is 6.92 Å². The Morgan fingerprint density at radius 2 is 1.33 bits per heavy atom. The molecule has 6 nitrogen and oxygen atoms in total. The van der Waals surface area contributed by atoms with Crippen LogP contribution in [-0.2, 0) is 35.3 Å². The SMILES string of the molecule is CC(=O)CCCOc1ccc2c(c1)CCc1c(C#N)c(C#N)c3c(c1-2)-c1ccc(OCCCC=O)cc1CC3. The summed E-state index contributed by atoms with van der Waals surface area (Å²) in [5.41, 5.74) is 9.44. The molecule has 0 amide bonds. The number of benzene rings is 3. The molecule has 0 saturated carbocycles. The van der Waals surface area contributed by atoms with Gasteiger partial charge in [0, 0.05) is 12.8 Å². The number of carbonyl (C=O) groups is 2. The summed E-state index contributed by atoms with van der Waals surface area (Å²) in [7, 11) is 0. The van der Waals surface area contributed by atoms with Crippen molar-refractivity contribution in [3.63, 3.8) is 0 Å². The van der Waals surface area contributed by atoms with Crippen LogP contribution in [0.4, 0.5) is 0 Å². The van der Waals surface area contributed by atoms with Gasteiger partial charge in [-0.3, -0.25) is 0 Å². The van der Waals surface area contributed by atoms with Crippen LogP contribution in [0.2, 0.25) is 0 Å². The second-order valence-electron chi connectivity index (χ2n) is 10.1. The van der Waals surface area contributed by atoms with E-state index < -0.39 is 0 Å². The molecule has 0 saturated heterocycles. The fraction of sp³-hybridized carbons (Fsp3) is 0.333. The molecule has 0 bridgehead atoms. The van der Waals surface area contributed by atoms with Crippen molar-refractivity contribution in [1.29, 1.82) is 10.5 Å². The first-order valence-electron chi connectivity index (χ1n) is 13.5. The number of nitriles is 2. The van der Waals surface area contributed by atoms with Crippen molar-refractivity contribution in [1.82, 2.24) is 0 Å². The van der Waals surface area contributed by atoms with Crippen LogP contribution in [0.15, 0.2) is 36.4 Å². The van der Waals surface area contributed by atoms with Crippen molar-refractivity contribution in [2.45, 2.75) is 58.3 Å². The van der Waals surface area contributed by atoms with Gasteiger partial charge in [0.2, 0.25) is 0 Å². The Morgan fingerprint density at radius 3 is 1.79 bits per heavy atom. The molecule has 0 aliphatic heterocycles. The lowest BCUT2D eigenvalue weighted by Gasteiger charge is -2.31. The Morgan fingerprint density at radius 1 is 0.821 bits per heavy atom. The van der Waals surface area contributed by atoms with Crippen molar-refractivity contribution in [3.05, 3.63) is 69.8 Å². The highest BCUT2D eigenvalue weighted by atomic mass is 16.5. The van der Waals surface area contributed by atoms with E-state index in [0.717, 1.165) is 75.1 Å². The third kappa shape index (κ3) is 5.16. The number of hydrogen-bond donors (Lipinski definition) is 0. The van der Waals surface area contributed by atoms with E-state index in [9.17, 15) is 20.1 Å². The van der Waals surface area contributed by atoms with E-state index in [0.29, 0.717) is 62.9 Å². The maximum absolute atomic E-state index is 11.2. The number of rotatable bonds is 10. The van der Waals surface area contributed by atoms with E-state index in [1.807, 2.05) is 12.1 Å². The zero-order valence-electron chi connectivity index (χ0n) is 22.1. The van der Waals surface area contributed by atoms with Gasteiger partial charge in [0.1, 0.15) is 35.7 Å². The molecule has 0 N–H and O–H groups in total. The quantitative estimate of drug-likeness (QED) is 0.239. The standard InChI is InChI=1S/C33H30N2O4/c1-21(37)5-4-16-39-25-9-13-27-23(18-25)7-11-29-31(20-35)30(19-34)28-10-6-22-17-24(38-15-3-2-14-36)8-12-26(22)32(28)33(27)29/h8-9,12-14,17-18H,2-7,10-11,15-16H2,1H3. The molecule has 0 aromatic heterocycles. The van der Waals surface area contributed by atoms with Crippen LogP contribution >= 0.6 is 0 Å². The van der Waals surface area contributed by atoms with Crippen LogP contribution < -0.4 is 9.47 Å². The number of aldehydes is 1. The van der Waals surface area contributed by atoms with Crippen LogP contribution in [0.3, 0.4) is 0 Å². The summed E-state index contributed by atoms with van der Waals surface area (Å²) in [5, 5.41) is 20.3. The molecular weight excluding hydrogens is 488 g/mol. The van der Waals surface area contributed by atoms with E-state index >= 15 is 0 Å². The lowest BCUT2D eigenvalue weighted by Crippen LogP contribution is -2.16. The normalized spacial score (nSPS) is 12.6. The van der Waals surface area contributed by atoms with Gasteiger partial charge in [-0.15, -0.1) is 0 Å². The van der Waals surface area contributed by atoms with Gasteiger partial charge < -0.3 is 19.1 Å². The third-order valence-electron chi connectivity index (χ3n) is 7.59. The average Bonchev–Trinajstić information content (AvgIpc) is 2.95. The second kappa shape index (κ2) is 11.5. The molecule has 5 rings (SSSR count). The molecule has 3 aromatic carbocycles. The van der Waals surface area contributed by atoms with E-state index in [4.69, 9.17) is 9.47 Å². The van der Waals surface area contributed by atoms with Gasteiger partial charge in [0.15, 0.2) is 0 Å². The topological polar surface area (TPSA) is 100 Å². The summed E-state index contributed by atoms with van der Waals surface area (Å²) in [6.07, 6.45) is 6.12. The molecule has 0 radical (unpaired) electrons. The summed E-state index contributed by atoms with van der Waals surface area (Å²) in [6, 6.07) is 16.9. The summed E-state index contributed by atoms with van der Waals surface area (Å²) in [4.78, 5) is 21.8. The number of fused-ring (bicyclic) bond motifs is 7. The Bertz CT molecular complexity index is 1540. The van der Waals surface area contributed by atoms with Gasteiger partial charge in [0.05, 0.1) is 24.3 Å². The van der Waals surface area contributed by atoms with E-state index in [1.165, 1.54) is 0 Å². The van der Waals surface area contributed by atoms with Crippen LogP contribution in [0.1, 0.15) is 66.0 Å². The maximum atomic E-state index is 11.2. The van der Waals surface area contributed by atoms with Crippen molar-refractivity contribution < 1.29 is 19.1 Å². The molecule has 0 fully saturated rings. The maximum Gasteiger partial charge on any atom is 0.129 e. The first kappa shape index (κ1) is 26.2. The molecule has 2 aliphatic rings. The summed E-state index contributed by atoms with van der Waals surface area (Å²) >= 11 is 0. The number of unbranched alkanes of at least 4 members (excludes halogenated alkanes) is 1. The highest BCUT2D eigenvalue weighted by molar-refractivity contribution is 5.95. The molecule has 0 atom stereocenters. The van der Waals surface area contributed by atoms with Gasteiger partial charge in [-0.1, -0.05) is 12.1 Å². The fourth-order valence-electron chi connectivity index (χ4n) is 5.80. The molecule has 196 valence electrons. The van der Waals surface area contributed by atoms with Crippen LogP contribution in [0.5, 0.6) is 11.5 Å². The first-order valence-corrected chi connectivity index (χ1v) is 13.5. The molecule has 39 heavy (non-hydrogen) atoms. The number of hydrogen-bond acceptors (Lipinski definition) is 6. The van der Waals surface area contributed by atoms with Gasteiger partial charge in [-0.05, 0) is 114 Å². The number of carbonyl (C=O) groups excluding carboxylic acids is 2. The van der Waals surface area contributed by atoms with E-state index in [-0.39, 0.29) is 5.78 Å². The molecule has 0 heterocycles. The molecule has 3 aromatic rings. The molecular formula is C33H30N2O4. The smallest absolute Gasteiger partial charge is 0.129 e.